The van der Waals surface area contributed by atoms with Crippen molar-refractivity contribution < 1.29 is 19.2 Å². The second-order valence-electron chi connectivity index (χ2n) is 7.08. The molecule has 0 atom stereocenters. The number of amides is 4. The molecule has 0 aromatic carbocycles. The Bertz CT molecular complexity index is 483. The van der Waals surface area contributed by atoms with Gasteiger partial charge in [0.15, 0.2) is 0 Å². The maximum atomic E-state index is 12.3. The van der Waals surface area contributed by atoms with Crippen LogP contribution in [0.3, 0.4) is 0 Å². The van der Waals surface area contributed by atoms with Gasteiger partial charge in [0.05, 0.1) is 0 Å². The second-order valence-corrected chi connectivity index (χ2v) is 7.08. The largest absolute Gasteiger partial charge is 0.338 e. The third-order valence-electron chi connectivity index (χ3n) is 4.52. The summed E-state index contributed by atoms with van der Waals surface area (Å²) in [7, 11) is 0. The van der Waals surface area contributed by atoms with Gasteiger partial charge < -0.3 is 0 Å². The molecule has 0 bridgehead atoms. The van der Waals surface area contributed by atoms with Gasteiger partial charge in [-0.1, -0.05) is 78.1 Å². The van der Waals surface area contributed by atoms with Gasteiger partial charge in [0.25, 0.3) is 0 Å². The molecule has 0 aliphatic rings. The first-order valence-corrected chi connectivity index (χ1v) is 10.6. The van der Waals surface area contributed by atoms with Crippen molar-refractivity contribution in [2.75, 3.05) is 0 Å². The molecule has 28 heavy (non-hydrogen) atoms. The molecule has 4 N–H and O–H groups in total. The van der Waals surface area contributed by atoms with Crippen molar-refractivity contribution in [1.82, 2.24) is 15.9 Å². The van der Waals surface area contributed by atoms with E-state index in [4.69, 9.17) is 5.84 Å². The minimum absolute atomic E-state index is 0.0903. The predicted octanol–water partition coefficient (Wildman–Crippen LogP) is 2.86. The van der Waals surface area contributed by atoms with Gasteiger partial charge in [0, 0.05) is 12.8 Å². The number of nitrogens with zero attached hydrogens (tertiary/aromatic N) is 1. The van der Waals surface area contributed by atoms with Crippen LogP contribution < -0.4 is 16.7 Å². The van der Waals surface area contributed by atoms with E-state index in [0.29, 0.717) is 17.9 Å². The molecule has 0 aromatic rings. The first-order chi connectivity index (χ1) is 13.5. The third kappa shape index (κ3) is 12.4. The number of carbonyl (C=O) groups is 4. The molecule has 0 heterocycles. The number of nitrogens with two attached hydrogens (primary N) is 1. The zero-order valence-electron chi connectivity index (χ0n) is 17.6. The lowest BCUT2D eigenvalue weighted by Gasteiger charge is -2.20. The molecule has 0 unspecified atom stereocenters. The monoisotopic (exact) mass is 398 g/mol. The van der Waals surface area contributed by atoms with Crippen LogP contribution in [-0.4, -0.2) is 28.6 Å². The summed E-state index contributed by atoms with van der Waals surface area (Å²) in [6.45, 7) is 4.27. The minimum Gasteiger partial charge on any atom is -0.286 e. The van der Waals surface area contributed by atoms with Crippen molar-refractivity contribution in [2.45, 2.75) is 104 Å². The van der Waals surface area contributed by atoms with Gasteiger partial charge in [-0.25, -0.2) is 5.84 Å². The first-order valence-electron chi connectivity index (χ1n) is 10.6. The maximum absolute atomic E-state index is 12.3. The summed E-state index contributed by atoms with van der Waals surface area (Å²) < 4.78 is 0. The van der Waals surface area contributed by atoms with Crippen LogP contribution in [0.5, 0.6) is 0 Å². The summed E-state index contributed by atoms with van der Waals surface area (Å²) in [5.41, 5.74) is 3.98. The molecule has 0 saturated heterocycles. The highest BCUT2D eigenvalue weighted by Gasteiger charge is 2.28. The Labute approximate surface area is 168 Å². The Morgan fingerprint density at radius 3 is 1.68 bits per heavy atom. The van der Waals surface area contributed by atoms with E-state index in [-0.39, 0.29) is 12.8 Å². The van der Waals surface area contributed by atoms with Crippen LogP contribution >= 0.6 is 0 Å². The van der Waals surface area contributed by atoms with Gasteiger partial charge in [0.1, 0.15) is 0 Å². The second kappa shape index (κ2) is 17.2. The Kier molecular flexibility index (Phi) is 16.0. The standard InChI is InChI=1S/C20H38N4O4/c1-3-5-7-9-11-13-15-17(25)23-24(20(28)19(27)22-21)18(26)16-14-12-10-8-6-4-2/h3-16,21H2,1-2H3,(H,22,27)(H,23,25). The van der Waals surface area contributed by atoms with Gasteiger partial charge in [0.2, 0.25) is 11.8 Å². The number of hydrogen-bond acceptors (Lipinski definition) is 5. The number of hydrogen-bond donors (Lipinski definition) is 3. The molecular weight excluding hydrogens is 360 g/mol. The van der Waals surface area contributed by atoms with E-state index in [1.165, 1.54) is 6.42 Å². The number of nitrogens with one attached hydrogen (secondary N) is 2. The molecular formula is C20H38N4O4. The number of unbranched alkanes of at least 4 members (excludes halogenated alkanes) is 10. The number of hydrazine groups is 2. The average molecular weight is 399 g/mol. The van der Waals surface area contributed by atoms with Gasteiger partial charge in [-0.05, 0) is 12.8 Å². The zero-order chi connectivity index (χ0) is 21.2. The molecule has 0 saturated carbocycles. The van der Waals surface area contributed by atoms with Crippen LogP contribution in [0.1, 0.15) is 104 Å². The van der Waals surface area contributed by atoms with Crippen LogP contribution in [0.4, 0.5) is 0 Å². The molecule has 0 radical (unpaired) electrons. The highest BCUT2D eigenvalue weighted by molar-refractivity contribution is 6.37. The Balaban J connectivity index is 4.46. The van der Waals surface area contributed by atoms with Crippen molar-refractivity contribution in [3.8, 4) is 0 Å². The van der Waals surface area contributed by atoms with Crippen LogP contribution in [0.15, 0.2) is 0 Å². The normalized spacial score (nSPS) is 10.4. The van der Waals surface area contributed by atoms with E-state index < -0.39 is 23.6 Å². The molecule has 162 valence electrons. The van der Waals surface area contributed by atoms with E-state index in [1.807, 2.05) is 0 Å². The zero-order valence-corrected chi connectivity index (χ0v) is 17.6. The topological polar surface area (TPSA) is 122 Å². The molecule has 8 heteroatoms. The van der Waals surface area contributed by atoms with Crippen molar-refractivity contribution >= 4 is 23.6 Å². The fraction of sp³-hybridized carbons (Fsp3) is 0.800. The molecule has 0 fully saturated rings. The maximum Gasteiger partial charge on any atom is 0.338 e. The van der Waals surface area contributed by atoms with Crippen molar-refractivity contribution in [2.24, 2.45) is 5.84 Å². The van der Waals surface area contributed by atoms with Crippen LogP contribution in [0.2, 0.25) is 0 Å². The molecule has 8 nitrogen and oxygen atoms in total. The SMILES string of the molecule is CCCCCCCCC(=O)NN(C(=O)CCCCCCCC)C(=O)C(=O)NN. The summed E-state index contributed by atoms with van der Waals surface area (Å²) >= 11 is 0. The van der Waals surface area contributed by atoms with Gasteiger partial charge in [-0.15, -0.1) is 0 Å². The predicted molar refractivity (Wildman–Crippen MR) is 108 cm³/mol. The number of rotatable bonds is 14. The summed E-state index contributed by atoms with van der Waals surface area (Å²) in [5.74, 6) is 1.61. The summed E-state index contributed by atoms with van der Waals surface area (Å²) in [5, 5.41) is 0.508. The van der Waals surface area contributed by atoms with Crippen molar-refractivity contribution in [3.63, 3.8) is 0 Å². The molecule has 0 spiro atoms. The highest BCUT2D eigenvalue weighted by Crippen LogP contribution is 2.09. The van der Waals surface area contributed by atoms with Gasteiger partial charge in [-0.2, -0.15) is 5.01 Å². The third-order valence-corrected chi connectivity index (χ3v) is 4.52. The number of carbonyl (C=O) groups excluding carboxylic acids is 4. The van der Waals surface area contributed by atoms with E-state index in [9.17, 15) is 19.2 Å². The smallest absolute Gasteiger partial charge is 0.286 e. The van der Waals surface area contributed by atoms with Crippen LogP contribution in [0, 0.1) is 0 Å². The van der Waals surface area contributed by atoms with Crippen LogP contribution in [-0.2, 0) is 19.2 Å². The molecule has 0 aromatic heterocycles. The fourth-order valence-electron chi connectivity index (χ4n) is 2.80. The Morgan fingerprint density at radius 2 is 1.18 bits per heavy atom. The summed E-state index contributed by atoms with van der Waals surface area (Å²) in [4.78, 5) is 48.0. The molecule has 4 amide bonds. The lowest BCUT2D eigenvalue weighted by molar-refractivity contribution is -0.158. The van der Waals surface area contributed by atoms with E-state index in [1.54, 1.807) is 5.43 Å². The van der Waals surface area contributed by atoms with Gasteiger partial charge >= 0.3 is 11.8 Å². The fourth-order valence-corrected chi connectivity index (χ4v) is 2.80. The van der Waals surface area contributed by atoms with E-state index >= 15 is 0 Å². The van der Waals surface area contributed by atoms with Crippen molar-refractivity contribution in [3.05, 3.63) is 0 Å². The quantitative estimate of drug-likeness (QED) is 0.137. The summed E-state index contributed by atoms with van der Waals surface area (Å²) in [6, 6.07) is 0. The van der Waals surface area contributed by atoms with Crippen molar-refractivity contribution in [1.29, 1.82) is 0 Å². The lowest BCUT2D eigenvalue weighted by atomic mass is 10.1. The lowest BCUT2D eigenvalue weighted by Crippen LogP contribution is -2.55. The average Bonchev–Trinajstić information content (AvgIpc) is 2.70. The molecule has 0 rings (SSSR count). The van der Waals surface area contributed by atoms with E-state index in [2.05, 4.69) is 19.3 Å². The molecule has 0 aliphatic carbocycles. The minimum atomic E-state index is -1.17. The van der Waals surface area contributed by atoms with Crippen LogP contribution in [0.25, 0.3) is 0 Å². The van der Waals surface area contributed by atoms with Gasteiger partial charge in [-0.3, -0.25) is 30.0 Å². The Morgan fingerprint density at radius 1 is 0.714 bits per heavy atom. The number of imide groups is 1. The van der Waals surface area contributed by atoms with E-state index in [0.717, 1.165) is 57.8 Å². The molecule has 0 aliphatic heterocycles. The Hall–Kier alpha value is -1.96. The highest BCUT2D eigenvalue weighted by atomic mass is 16.2. The first kappa shape index (κ1) is 26.0. The summed E-state index contributed by atoms with van der Waals surface area (Å²) in [6.07, 6.45) is 12.3.